The Balaban J connectivity index is 1.58. The Morgan fingerprint density at radius 2 is 1.84 bits per heavy atom. The molecule has 0 saturated carbocycles. The predicted molar refractivity (Wildman–Crippen MR) is 139 cm³/mol. The highest BCUT2D eigenvalue weighted by Crippen LogP contribution is 2.37. The second-order valence-electron chi connectivity index (χ2n) is 8.46. The number of hydrogen-bond acceptors (Lipinski definition) is 7. The van der Waals surface area contributed by atoms with Gasteiger partial charge in [0.1, 0.15) is 39.7 Å². The van der Waals surface area contributed by atoms with E-state index in [1.54, 1.807) is 30.5 Å². The molecule has 0 atom stereocenters. The molecule has 0 aliphatic heterocycles. The normalized spacial score (nSPS) is 11.0. The van der Waals surface area contributed by atoms with Crippen molar-refractivity contribution in [3.63, 3.8) is 0 Å². The number of aryl methyl sites for hydroxylation is 1. The lowest BCUT2D eigenvalue weighted by Crippen LogP contribution is -2.13. The lowest BCUT2D eigenvalue weighted by Gasteiger charge is -2.17. The van der Waals surface area contributed by atoms with Crippen molar-refractivity contribution in [1.29, 1.82) is 5.26 Å². The van der Waals surface area contributed by atoms with Gasteiger partial charge in [0.05, 0.1) is 17.8 Å². The number of benzene rings is 1. The monoisotopic (exact) mass is 530 g/mol. The van der Waals surface area contributed by atoms with Crippen LogP contribution in [-0.2, 0) is 17.6 Å². The molecule has 190 valence electrons. The Labute approximate surface area is 220 Å². The number of pyridine rings is 2. The van der Waals surface area contributed by atoms with Crippen LogP contribution in [0.1, 0.15) is 23.2 Å². The highest BCUT2D eigenvalue weighted by molar-refractivity contribution is 7.16. The van der Waals surface area contributed by atoms with Gasteiger partial charge in [-0.25, -0.2) is 18.7 Å². The maximum atomic E-state index is 14.5. The number of aromatic nitrogens is 4. The van der Waals surface area contributed by atoms with E-state index in [1.165, 1.54) is 35.7 Å². The number of nitriles is 1. The summed E-state index contributed by atoms with van der Waals surface area (Å²) in [7, 11) is 1.83. The Morgan fingerprint density at radius 3 is 2.50 bits per heavy atom. The van der Waals surface area contributed by atoms with Crippen molar-refractivity contribution in [3.8, 4) is 28.5 Å². The first-order chi connectivity index (χ1) is 18.3. The minimum atomic E-state index is -1.16. The number of anilines is 2. The average molecular weight is 531 g/mol. The van der Waals surface area contributed by atoms with Gasteiger partial charge >= 0.3 is 5.97 Å². The van der Waals surface area contributed by atoms with Crippen molar-refractivity contribution in [3.05, 3.63) is 82.8 Å². The summed E-state index contributed by atoms with van der Waals surface area (Å²) in [6.07, 6.45) is 3.37. The minimum absolute atomic E-state index is 0.132. The van der Waals surface area contributed by atoms with Gasteiger partial charge in [-0.2, -0.15) is 5.26 Å². The van der Waals surface area contributed by atoms with E-state index in [2.05, 4.69) is 11.1 Å². The van der Waals surface area contributed by atoms with Gasteiger partial charge in [-0.1, -0.05) is 18.3 Å². The van der Waals surface area contributed by atoms with Crippen molar-refractivity contribution in [2.45, 2.75) is 19.8 Å². The molecule has 0 fully saturated rings. The van der Waals surface area contributed by atoms with Crippen LogP contribution in [0.3, 0.4) is 0 Å². The maximum absolute atomic E-state index is 14.5. The number of hydrogen-bond donors (Lipinski definition) is 1. The summed E-state index contributed by atoms with van der Waals surface area (Å²) in [5, 5.41) is 19.2. The van der Waals surface area contributed by atoms with Crippen LogP contribution in [0.4, 0.5) is 19.7 Å². The number of nitrogens with zero attached hydrogens (tertiary/aromatic N) is 6. The van der Waals surface area contributed by atoms with Crippen LogP contribution in [0.15, 0.2) is 54.9 Å². The number of carbonyl (C=O) groups is 1. The Bertz CT molecular complexity index is 1720. The number of aliphatic carboxylic acids is 1. The quantitative estimate of drug-likeness (QED) is 0.291. The van der Waals surface area contributed by atoms with Crippen molar-refractivity contribution in [2.24, 2.45) is 0 Å². The summed E-state index contributed by atoms with van der Waals surface area (Å²) >= 11 is 1.21. The number of fused-ring (bicyclic) bond motifs is 1. The van der Waals surface area contributed by atoms with E-state index in [1.807, 2.05) is 23.3 Å². The SMILES string of the molecule is CCc1nc2ccc(-c3cnc(CC(=O)O)c(F)c3)cn2c1N(C)c1nc(-c2ccc(F)cc2)c(C#N)s1. The molecule has 1 aromatic carbocycles. The summed E-state index contributed by atoms with van der Waals surface area (Å²) in [4.78, 5) is 26.6. The summed E-state index contributed by atoms with van der Waals surface area (Å²) in [6.45, 7) is 1.98. The highest BCUT2D eigenvalue weighted by atomic mass is 32.1. The number of carboxylic acids is 1. The third-order valence-electron chi connectivity index (χ3n) is 6.01. The first-order valence-electron chi connectivity index (χ1n) is 11.6. The number of imidazole rings is 1. The minimum Gasteiger partial charge on any atom is -0.481 e. The molecule has 4 heterocycles. The van der Waals surface area contributed by atoms with E-state index in [4.69, 9.17) is 15.1 Å². The molecule has 1 N–H and O–H groups in total. The third kappa shape index (κ3) is 4.57. The van der Waals surface area contributed by atoms with E-state index < -0.39 is 18.2 Å². The lowest BCUT2D eigenvalue weighted by molar-refractivity contribution is -0.136. The van der Waals surface area contributed by atoms with Crippen LogP contribution in [-0.4, -0.2) is 37.5 Å². The molecule has 0 spiro atoms. The van der Waals surface area contributed by atoms with E-state index >= 15 is 0 Å². The van der Waals surface area contributed by atoms with Crippen molar-refractivity contribution in [2.75, 3.05) is 11.9 Å². The molecular formula is C27H20F2N6O2S. The standard InChI is InChI=1S/C27H20F2N6O2S/c1-3-20-26(34(2)27-33-25(22(12-30)38-27)15-4-7-18(28)8-5-15)35-14-16(6-9-23(35)32-20)17-10-19(29)21(31-13-17)11-24(36)37/h4-10,13-14H,3,11H2,1-2H3,(H,36,37). The largest absolute Gasteiger partial charge is 0.481 e. The van der Waals surface area contributed by atoms with Gasteiger partial charge in [0, 0.05) is 36.1 Å². The fourth-order valence-corrected chi connectivity index (χ4v) is 5.01. The number of rotatable bonds is 7. The molecular weight excluding hydrogens is 510 g/mol. The zero-order valence-electron chi connectivity index (χ0n) is 20.3. The fourth-order valence-electron chi connectivity index (χ4n) is 4.16. The smallest absolute Gasteiger partial charge is 0.309 e. The molecule has 38 heavy (non-hydrogen) atoms. The summed E-state index contributed by atoms with van der Waals surface area (Å²) in [5.74, 6) is -1.50. The Hall–Kier alpha value is -4.69. The van der Waals surface area contributed by atoms with Gasteiger partial charge < -0.3 is 10.0 Å². The lowest BCUT2D eigenvalue weighted by atomic mass is 10.1. The molecule has 5 aromatic rings. The molecule has 11 heteroatoms. The molecule has 0 radical (unpaired) electrons. The van der Waals surface area contributed by atoms with E-state index in [-0.39, 0.29) is 11.5 Å². The Kier molecular flexibility index (Phi) is 6.57. The third-order valence-corrected chi connectivity index (χ3v) is 7.04. The van der Waals surface area contributed by atoms with Gasteiger partial charge in [0.15, 0.2) is 5.13 Å². The van der Waals surface area contributed by atoms with E-state index in [9.17, 15) is 18.8 Å². The predicted octanol–water partition coefficient (Wildman–Crippen LogP) is 5.63. The zero-order valence-corrected chi connectivity index (χ0v) is 21.1. The van der Waals surface area contributed by atoms with E-state index in [0.717, 1.165) is 11.5 Å². The van der Waals surface area contributed by atoms with Gasteiger partial charge in [0.25, 0.3) is 0 Å². The number of halogens is 2. The first-order valence-corrected chi connectivity index (χ1v) is 12.4. The van der Waals surface area contributed by atoms with Crippen LogP contribution < -0.4 is 4.90 Å². The highest BCUT2D eigenvalue weighted by Gasteiger charge is 2.22. The molecule has 0 saturated heterocycles. The van der Waals surface area contributed by atoms with Crippen LogP contribution in [0, 0.1) is 23.0 Å². The van der Waals surface area contributed by atoms with Crippen molar-refractivity contribution in [1.82, 2.24) is 19.4 Å². The number of thiazole rings is 1. The van der Waals surface area contributed by atoms with Gasteiger partial charge in [0.2, 0.25) is 0 Å². The fraction of sp³-hybridized carbons (Fsp3) is 0.148. The van der Waals surface area contributed by atoms with Crippen molar-refractivity contribution >= 4 is 33.9 Å². The van der Waals surface area contributed by atoms with Crippen molar-refractivity contribution < 1.29 is 18.7 Å². The number of carboxylic acid groups (broad SMARTS) is 1. The summed E-state index contributed by atoms with van der Waals surface area (Å²) in [6, 6.07) is 12.9. The molecule has 4 aromatic heterocycles. The van der Waals surface area contributed by atoms with Gasteiger partial charge in [-0.05, 0) is 48.9 Å². The van der Waals surface area contributed by atoms with Crippen LogP contribution in [0.2, 0.25) is 0 Å². The molecule has 0 aliphatic rings. The maximum Gasteiger partial charge on any atom is 0.309 e. The van der Waals surface area contributed by atoms with Crippen LogP contribution >= 0.6 is 11.3 Å². The molecule has 0 bridgehead atoms. The molecule has 5 rings (SSSR count). The van der Waals surface area contributed by atoms with Crippen LogP contribution in [0.5, 0.6) is 0 Å². The molecule has 0 amide bonds. The van der Waals surface area contributed by atoms with Gasteiger partial charge in [-0.3, -0.25) is 14.2 Å². The molecule has 0 aliphatic carbocycles. The average Bonchev–Trinajstić information content (AvgIpc) is 3.51. The first kappa shape index (κ1) is 25.0. The Morgan fingerprint density at radius 1 is 1.11 bits per heavy atom. The summed E-state index contributed by atoms with van der Waals surface area (Å²) in [5.41, 5.74) is 3.57. The summed E-state index contributed by atoms with van der Waals surface area (Å²) < 4.78 is 29.8. The topological polar surface area (TPSA) is 107 Å². The zero-order chi connectivity index (χ0) is 27.0. The second kappa shape index (κ2) is 9.99. The van der Waals surface area contributed by atoms with E-state index in [0.29, 0.717) is 44.5 Å². The second-order valence-corrected chi connectivity index (χ2v) is 9.43. The molecule has 0 unspecified atom stereocenters. The van der Waals surface area contributed by atoms with Crippen LogP contribution in [0.25, 0.3) is 28.0 Å². The van der Waals surface area contributed by atoms with Gasteiger partial charge in [-0.15, -0.1) is 0 Å². The molecule has 8 nitrogen and oxygen atoms in total.